The molecule has 0 unspecified atom stereocenters. The van der Waals surface area contributed by atoms with Gasteiger partial charge < -0.3 is 40.4 Å². The van der Waals surface area contributed by atoms with Crippen LogP contribution in [0.3, 0.4) is 0 Å². The number of ether oxygens (including phenoxy) is 3. The van der Waals surface area contributed by atoms with E-state index in [4.69, 9.17) is 19.3 Å². The first kappa shape index (κ1) is 27.6. The number of anilines is 1. The highest BCUT2D eigenvalue weighted by Crippen LogP contribution is 2.36. The molecule has 2 amide bonds. The lowest BCUT2D eigenvalue weighted by atomic mass is 9.96. The Bertz CT molecular complexity index is 1120. The number of hydrazine groups is 2. The van der Waals surface area contributed by atoms with Crippen molar-refractivity contribution in [2.75, 3.05) is 57.7 Å². The molecule has 5 N–H and O–H groups in total. The lowest BCUT2D eigenvalue weighted by Gasteiger charge is -2.29. The molecule has 204 valence electrons. The second-order valence-corrected chi connectivity index (χ2v) is 8.69. The summed E-state index contributed by atoms with van der Waals surface area (Å²) in [7, 11) is 0. The molecule has 0 aliphatic carbocycles. The number of para-hydroxylation sites is 1. The van der Waals surface area contributed by atoms with Crippen molar-refractivity contribution in [2.24, 2.45) is 0 Å². The molecule has 0 fully saturated rings. The van der Waals surface area contributed by atoms with E-state index in [-0.39, 0.29) is 44.4 Å². The molecular weight excluding hydrogens is 490 g/mol. The standard InChI is InChI=1S/C27H35N5O6/c33-12-14-37-16-18-38-17-15-36-13-10-24(34)28-11-9-25(35)32-19-20-5-1-2-6-21(20)26-27(30-31-29-26)22-7-3-4-8-23(22)32/h1-8,29-31,33H,9-19H2,(H,28,34). The first-order valence-corrected chi connectivity index (χ1v) is 12.8. The number of nitrogens with zero attached hydrogens (tertiary/aromatic N) is 1. The quantitative estimate of drug-likeness (QED) is 0.228. The van der Waals surface area contributed by atoms with E-state index in [1.807, 2.05) is 48.5 Å². The fraction of sp³-hybridized carbons (Fsp3) is 0.407. The van der Waals surface area contributed by atoms with Gasteiger partial charge in [-0.2, -0.15) is 0 Å². The summed E-state index contributed by atoms with van der Waals surface area (Å²) in [6, 6.07) is 15.8. The molecule has 11 nitrogen and oxygen atoms in total. The number of aliphatic hydroxyl groups is 1. The molecule has 0 radical (unpaired) electrons. The van der Waals surface area contributed by atoms with Gasteiger partial charge in [0.2, 0.25) is 11.8 Å². The van der Waals surface area contributed by atoms with Crippen LogP contribution in [0.25, 0.3) is 11.4 Å². The van der Waals surface area contributed by atoms with Gasteiger partial charge in [-0.25, -0.2) is 0 Å². The summed E-state index contributed by atoms with van der Waals surface area (Å²) in [4.78, 5) is 27.4. The number of benzene rings is 2. The van der Waals surface area contributed by atoms with Crippen molar-refractivity contribution in [1.82, 2.24) is 21.7 Å². The summed E-state index contributed by atoms with van der Waals surface area (Å²) in [6.45, 7) is 2.84. The summed E-state index contributed by atoms with van der Waals surface area (Å²) in [5.74, 6) is -0.247. The molecule has 0 bridgehead atoms. The van der Waals surface area contributed by atoms with E-state index < -0.39 is 0 Å². The minimum atomic E-state index is -0.170. The lowest BCUT2D eigenvalue weighted by molar-refractivity contribution is -0.122. The van der Waals surface area contributed by atoms with Crippen LogP contribution in [0.15, 0.2) is 48.5 Å². The predicted octanol–water partition coefficient (Wildman–Crippen LogP) is 0.910. The van der Waals surface area contributed by atoms with Crippen molar-refractivity contribution in [1.29, 1.82) is 0 Å². The van der Waals surface area contributed by atoms with Crippen LogP contribution < -0.4 is 26.6 Å². The lowest BCUT2D eigenvalue weighted by Crippen LogP contribution is -2.36. The van der Waals surface area contributed by atoms with Crippen molar-refractivity contribution >= 4 is 28.9 Å². The average Bonchev–Trinajstić information content (AvgIpc) is 3.41. The monoisotopic (exact) mass is 525 g/mol. The van der Waals surface area contributed by atoms with Gasteiger partial charge >= 0.3 is 0 Å². The SMILES string of the molecule is O=C(CCOCCOCCOCCO)NCCC(=O)N1Cc2ccccc2C2=C(NNN2)c2ccccc21. The Morgan fingerprint density at radius 1 is 0.816 bits per heavy atom. The van der Waals surface area contributed by atoms with E-state index >= 15 is 0 Å². The summed E-state index contributed by atoms with van der Waals surface area (Å²) >= 11 is 0. The zero-order valence-electron chi connectivity index (χ0n) is 21.3. The Morgan fingerprint density at radius 2 is 1.45 bits per heavy atom. The van der Waals surface area contributed by atoms with Gasteiger partial charge in [-0.05, 0) is 11.6 Å². The second-order valence-electron chi connectivity index (χ2n) is 8.69. The fourth-order valence-electron chi connectivity index (χ4n) is 4.29. The van der Waals surface area contributed by atoms with Crippen molar-refractivity contribution in [3.05, 3.63) is 65.2 Å². The highest BCUT2D eigenvalue weighted by molar-refractivity contribution is 6.02. The number of hydrogen-bond donors (Lipinski definition) is 5. The number of rotatable bonds is 14. The number of carbonyl (C=O) groups excluding carboxylic acids is 2. The topological polar surface area (TPSA) is 133 Å². The Balaban J connectivity index is 1.25. The molecule has 2 aromatic carbocycles. The number of hydrogen-bond acceptors (Lipinski definition) is 9. The van der Waals surface area contributed by atoms with E-state index in [1.165, 1.54) is 0 Å². The molecule has 0 atom stereocenters. The Morgan fingerprint density at radius 3 is 2.21 bits per heavy atom. The predicted molar refractivity (Wildman–Crippen MR) is 142 cm³/mol. The molecule has 0 saturated carbocycles. The normalized spacial score (nSPS) is 14.0. The molecular formula is C27H35N5O6. The molecule has 0 aromatic heterocycles. The largest absolute Gasteiger partial charge is 0.394 e. The number of nitrogens with one attached hydrogen (secondary N) is 4. The maximum absolute atomic E-state index is 13.4. The molecule has 2 aromatic rings. The molecule has 2 aliphatic rings. The van der Waals surface area contributed by atoms with Gasteiger partial charge in [0.15, 0.2) is 0 Å². The zero-order valence-corrected chi connectivity index (χ0v) is 21.3. The Hall–Kier alpha value is -3.48. The summed E-state index contributed by atoms with van der Waals surface area (Å²) in [6.07, 6.45) is 0.376. The van der Waals surface area contributed by atoms with E-state index in [9.17, 15) is 9.59 Å². The molecule has 11 heteroatoms. The van der Waals surface area contributed by atoms with Crippen molar-refractivity contribution in [3.63, 3.8) is 0 Å². The van der Waals surface area contributed by atoms with Crippen LogP contribution in [0, 0.1) is 0 Å². The van der Waals surface area contributed by atoms with Crippen LogP contribution in [0.1, 0.15) is 29.5 Å². The third kappa shape index (κ3) is 7.30. The first-order chi connectivity index (χ1) is 18.7. The molecule has 0 spiro atoms. The van der Waals surface area contributed by atoms with E-state index in [2.05, 4.69) is 21.7 Å². The van der Waals surface area contributed by atoms with Gasteiger partial charge in [-0.1, -0.05) is 42.5 Å². The second kappa shape index (κ2) is 14.5. The third-order valence-electron chi connectivity index (χ3n) is 6.12. The molecule has 4 rings (SSSR count). The summed E-state index contributed by atoms with van der Waals surface area (Å²) < 4.78 is 15.9. The van der Waals surface area contributed by atoms with Crippen molar-refractivity contribution < 1.29 is 28.9 Å². The van der Waals surface area contributed by atoms with Crippen LogP contribution in [-0.2, 0) is 30.3 Å². The number of aliphatic hydroxyl groups excluding tert-OH is 1. The fourth-order valence-corrected chi connectivity index (χ4v) is 4.29. The van der Waals surface area contributed by atoms with Gasteiger partial charge in [0.1, 0.15) is 0 Å². The molecule has 0 saturated heterocycles. The first-order valence-electron chi connectivity index (χ1n) is 12.8. The smallest absolute Gasteiger partial charge is 0.229 e. The molecule has 38 heavy (non-hydrogen) atoms. The van der Waals surface area contributed by atoms with E-state index in [1.54, 1.807) is 4.90 Å². The van der Waals surface area contributed by atoms with Crippen LogP contribution >= 0.6 is 0 Å². The third-order valence-corrected chi connectivity index (χ3v) is 6.12. The van der Waals surface area contributed by atoms with Gasteiger partial charge in [0.25, 0.3) is 0 Å². The number of amides is 2. The zero-order chi connectivity index (χ0) is 26.6. The Labute approximate surface area is 222 Å². The van der Waals surface area contributed by atoms with Crippen molar-refractivity contribution in [2.45, 2.75) is 19.4 Å². The van der Waals surface area contributed by atoms with Gasteiger partial charge in [-0.15, -0.1) is 5.53 Å². The minimum Gasteiger partial charge on any atom is -0.394 e. The van der Waals surface area contributed by atoms with Crippen LogP contribution in [0.2, 0.25) is 0 Å². The molecule has 2 aliphatic heterocycles. The van der Waals surface area contributed by atoms with Crippen LogP contribution in [0.4, 0.5) is 5.69 Å². The highest BCUT2D eigenvalue weighted by atomic mass is 16.5. The molecule has 2 heterocycles. The maximum Gasteiger partial charge on any atom is 0.229 e. The van der Waals surface area contributed by atoms with Crippen molar-refractivity contribution in [3.8, 4) is 0 Å². The van der Waals surface area contributed by atoms with Crippen LogP contribution in [0.5, 0.6) is 0 Å². The minimum absolute atomic E-state index is 0.00712. The average molecular weight is 526 g/mol. The summed E-state index contributed by atoms with van der Waals surface area (Å²) in [5, 5.41) is 11.4. The van der Waals surface area contributed by atoms with Gasteiger partial charge in [0, 0.05) is 30.5 Å². The van der Waals surface area contributed by atoms with Gasteiger partial charge in [0.05, 0.1) is 69.9 Å². The number of fused-ring (bicyclic) bond motifs is 4. The van der Waals surface area contributed by atoms with Gasteiger partial charge in [-0.3, -0.25) is 9.59 Å². The van der Waals surface area contributed by atoms with E-state index in [0.717, 1.165) is 33.8 Å². The highest BCUT2D eigenvalue weighted by Gasteiger charge is 2.28. The number of carbonyl (C=O) groups is 2. The Kier molecular flexibility index (Phi) is 10.5. The van der Waals surface area contributed by atoms with Crippen LogP contribution in [-0.4, -0.2) is 69.7 Å². The maximum atomic E-state index is 13.4. The summed E-state index contributed by atoms with van der Waals surface area (Å²) in [5.41, 5.74) is 14.9. The van der Waals surface area contributed by atoms with E-state index in [0.29, 0.717) is 39.6 Å².